The number of carbonyl (C=O) groups is 1. The van der Waals surface area contributed by atoms with Gasteiger partial charge in [-0.25, -0.2) is 9.18 Å². The van der Waals surface area contributed by atoms with Crippen LogP contribution < -0.4 is 15.2 Å². The van der Waals surface area contributed by atoms with E-state index >= 15 is 0 Å². The molecule has 3 aromatic rings. The maximum atomic E-state index is 14.0. The Hall–Kier alpha value is -3.19. The van der Waals surface area contributed by atoms with Crippen molar-refractivity contribution >= 4 is 27.4 Å². The first-order valence-electron chi connectivity index (χ1n) is 8.67. The van der Waals surface area contributed by atoms with Gasteiger partial charge in [-0.2, -0.15) is 0 Å². The van der Waals surface area contributed by atoms with Gasteiger partial charge < -0.3 is 15.2 Å². The van der Waals surface area contributed by atoms with E-state index in [1.165, 1.54) is 18.2 Å². The van der Waals surface area contributed by atoms with Crippen LogP contribution in [0.5, 0.6) is 5.75 Å². The van der Waals surface area contributed by atoms with Gasteiger partial charge in [0.2, 0.25) is 10.6 Å². The summed E-state index contributed by atoms with van der Waals surface area (Å²) < 4.78 is 25.3. The fourth-order valence-electron chi connectivity index (χ4n) is 3.39. The number of halogens is 1. The van der Waals surface area contributed by atoms with E-state index in [0.717, 1.165) is 16.0 Å². The van der Waals surface area contributed by atoms with Crippen molar-refractivity contribution in [2.24, 2.45) is 5.73 Å². The molecule has 1 aromatic heterocycles. The second-order valence-corrected chi connectivity index (χ2v) is 7.23. The first kappa shape index (κ1) is 18.2. The van der Waals surface area contributed by atoms with Crippen molar-refractivity contribution in [3.8, 4) is 5.75 Å². The molecule has 1 aliphatic heterocycles. The Morgan fingerprint density at radius 2 is 2.04 bits per heavy atom. The SMILES string of the molecule is CCOC(=O)C1=C(N)Oc2c(c(=O)sc3ccccc23)[C@@H]1c1cccc(F)c1. The standard InChI is InChI=1S/C21H16FNO4S/c1-2-26-20(24)17-15(11-6-5-7-12(22)10-11)16-18(27-19(17)23)13-8-3-4-9-14(13)28-21(16)25/h3-10,15H,2,23H2,1H3/t15-/m0/s1. The van der Waals surface area contributed by atoms with E-state index in [-0.39, 0.29) is 28.4 Å². The predicted octanol–water partition coefficient (Wildman–Crippen LogP) is 3.66. The molecule has 0 spiro atoms. The number of rotatable bonds is 3. The maximum Gasteiger partial charge on any atom is 0.340 e. The quantitative estimate of drug-likeness (QED) is 0.683. The summed E-state index contributed by atoms with van der Waals surface area (Å²) in [4.78, 5) is 25.6. The zero-order valence-corrected chi connectivity index (χ0v) is 15.7. The van der Waals surface area contributed by atoms with Crippen molar-refractivity contribution in [2.45, 2.75) is 12.8 Å². The van der Waals surface area contributed by atoms with Crippen LogP contribution in [0.3, 0.4) is 0 Å². The van der Waals surface area contributed by atoms with Crippen molar-refractivity contribution in [2.75, 3.05) is 6.61 Å². The number of hydrogen-bond acceptors (Lipinski definition) is 6. The Morgan fingerprint density at radius 1 is 1.25 bits per heavy atom. The van der Waals surface area contributed by atoms with Crippen LogP contribution in [0.1, 0.15) is 24.0 Å². The summed E-state index contributed by atoms with van der Waals surface area (Å²) in [6.07, 6.45) is 0. The summed E-state index contributed by atoms with van der Waals surface area (Å²) in [6.45, 7) is 1.79. The molecule has 2 heterocycles. The van der Waals surface area contributed by atoms with Crippen molar-refractivity contribution in [1.29, 1.82) is 0 Å². The molecule has 5 nitrogen and oxygen atoms in total. The molecule has 28 heavy (non-hydrogen) atoms. The number of esters is 1. The van der Waals surface area contributed by atoms with Crippen LogP contribution in [0.2, 0.25) is 0 Å². The van der Waals surface area contributed by atoms with E-state index in [1.54, 1.807) is 13.0 Å². The number of hydrogen-bond donors (Lipinski definition) is 1. The molecule has 0 radical (unpaired) electrons. The Bertz CT molecular complexity index is 1180. The lowest BCUT2D eigenvalue weighted by Crippen LogP contribution is -2.30. The number of nitrogens with two attached hydrogens (primary N) is 1. The van der Waals surface area contributed by atoms with E-state index in [4.69, 9.17) is 15.2 Å². The highest BCUT2D eigenvalue weighted by Crippen LogP contribution is 2.44. The summed E-state index contributed by atoms with van der Waals surface area (Å²) in [7, 11) is 0. The van der Waals surface area contributed by atoms with Crippen LogP contribution in [0, 0.1) is 5.82 Å². The second-order valence-electron chi connectivity index (χ2n) is 6.22. The third-order valence-electron chi connectivity index (χ3n) is 4.53. The normalized spacial score (nSPS) is 15.9. The fourth-order valence-corrected chi connectivity index (χ4v) is 4.33. The van der Waals surface area contributed by atoms with Crippen LogP contribution in [0.15, 0.2) is 64.8 Å². The molecule has 0 bridgehead atoms. The predicted molar refractivity (Wildman–Crippen MR) is 105 cm³/mol. The van der Waals surface area contributed by atoms with Gasteiger partial charge in [0.25, 0.3) is 0 Å². The van der Waals surface area contributed by atoms with Crippen LogP contribution in [-0.4, -0.2) is 12.6 Å². The number of fused-ring (bicyclic) bond motifs is 3. The monoisotopic (exact) mass is 397 g/mol. The van der Waals surface area contributed by atoms with Gasteiger partial charge in [0.05, 0.1) is 18.1 Å². The lowest BCUT2D eigenvalue weighted by atomic mass is 9.83. The van der Waals surface area contributed by atoms with Crippen LogP contribution in [0.25, 0.3) is 10.1 Å². The highest BCUT2D eigenvalue weighted by Gasteiger charge is 2.38. The van der Waals surface area contributed by atoms with Gasteiger partial charge >= 0.3 is 5.97 Å². The molecule has 0 amide bonds. The molecular formula is C21H16FNO4S. The van der Waals surface area contributed by atoms with Gasteiger partial charge in [-0.1, -0.05) is 35.6 Å². The molecule has 1 atom stereocenters. The minimum absolute atomic E-state index is 0.000434. The molecule has 4 rings (SSSR count). The molecule has 0 saturated heterocycles. The van der Waals surface area contributed by atoms with Crippen molar-refractivity contribution in [3.05, 3.63) is 86.5 Å². The van der Waals surface area contributed by atoms with E-state index in [9.17, 15) is 14.0 Å². The van der Waals surface area contributed by atoms with Gasteiger partial charge in [0.1, 0.15) is 17.1 Å². The van der Waals surface area contributed by atoms with Gasteiger partial charge in [-0.05, 0) is 36.8 Å². The van der Waals surface area contributed by atoms with E-state index in [0.29, 0.717) is 16.7 Å². The summed E-state index contributed by atoms with van der Waals surface area (Å²) in [5, 5.41) is 0.703. The number of ether oxygens (including phenoxy) is 2. The Kier molecular flexibility index (Phi) is 4.60. The van der Waals surface area contributed by atoms with E-state index in [1.807, 2.05) is 24.3 Å². The fraction of sp³-hybridized carbons (Fsp3) is 0.143. The average molecular weight is 397 g/mol. The topological polar surface area (TPSA) is 78.6 Å². The van der Waals surface area contributed by atoms with Crippen molar-refractivity contribution in [1.82, 2.24) is 0 Å². The minimum atomic E-state index is -0.883. The Labute approximate surface area is 163 Å². The van der Waals surface area contributed by atoms with Gasteiger partial charge in [0, 0.05) is 10.1 Å². The summed E-state index contributed by atoms with van der Waals surface area (Å²) >= 11 is 1.04. The molecule has 0 saturated carbocycles. The van der Waals surface area contributed by atoms with Crippen LogP contribution in [-0.2, 0) is 9.53 Å². The summed E-state index contributed by atoms with van der Waals surface area (Å²) in [5.74, 6) is -1.92. The van der Waals surface area contributed by atoms with Gasteiger partial charge in [-0.15, -0.1) is 0 Å². The summed E-state index contributed by atoms with van der Waals surface area (Å²) in [6, 6.07) is 13.0. The highest BCUT2D eigenvalue weighted by molar-refractivity contribution is 7.16. The van der Waals surface area contributed by atoms with Crippen molar-refractivity contribution < 1.29 is 18.7 Å². The minimum Gasteiger partial charge on any atom is -0.462 e. The third kappa shape index (κ3) is 2.93. The molecule has 1 aliphatic rings. The Morgan fingerprint density at radius 3 is 2.79 bits per heavy atom. The zero-order valence-electron chi connectivity index (χ0n) is 14.9. The number of benzene rings is 2. The van der Waals surface area contributed by atoms with Crippen molar-refractivity contribution in [3.63, 3.8) is 0 Å². The molecule has 7 heteroatoms. The molecule has 2 aromatic carbocycles. The first-order valence-corrected chi connectivity index (χ1v) is 9.48. The van der Waals surface area contributed by atoms with Crippen LogP contribution in [0.4, 0.5) is 4.39 Å². The molecule has 0 aliphatic carbocycles. The smallest absolute Gasteiger partial charge is 0.340 e. The van der Waals surface area contributed by atoms with Gasteiger partial charge in [0.15, 0.2) is 0 Å². The lowest BCUT2D eigenvalue weighted by molar-refractivity contribution is -0.139. The maximum absolute atomic E-state index is 14.0. The highest BCUT2D eigenvalue weighted by atomic mass is 32.1. The molecule has 0 fully saturated rings. The molecular weight excluding hydrogens is 381 g/mol. The molecule has 142 valence electrons. The van der Waals surface area contributed by atoms with E-state index < -0.39 is 17.7 Å². The number of carbonyl (C=O) groups excluding carboxylic acids is 1. The third-order valence-corrected chi connectivity index (χ3v) is 5.51. The second kappa shape index (κ2) is 7.09. The van der Waals surface area contributed by atoms with Gasteiger partial charge in [-0.3, -0.25) is 4.79 Å². The zero-order chi connectivity index (χ0) is 19.8. The summed E-state index contributed by atoms with van der Waals surface area (Å²) in [5.41, 5.74) is 6.78. The molecule has 0 unspecified atom stereocenters. The van der Waals surface area contributed by atoms with Crippen LogP contribution >= 0.6 is 11.3 Å². The average Bonchev–Trinajstić information content (AvgIpc) is 2.67. The molecule has 2 N–H and O–H groups in total. The Balaban J connectivity index is 2.05. The first-order chi connectivity index (χ1) is 13.5. The lowest BCUT2D eigenvalue weighted by Gasteiger charge is -2.28. The largest absolute Gasteiger partial charge is 0.462 e. The van der Waals surface area contributed by atoms with E-state index in [2.05, 4.69) is 0 Å².